The monoisotopic (exact) mass is 503 g/mol. The first-order valence-corrected chi connectivity index (χ1v) is 13.9. The Morgan fingerprint density at radius 1 is 1.06 bits per heavy atom. The van der Waals surface area contributed by atoms with Crippen LogP contribution in [0.25, 0.3) is 10.2 Å². The molecule has 0 spiro atoms. The number of nitrogens with zero attached hydrogens (tertiary/aromatic N) is 3. The van der Waals surface area contributed by atoms with Crippen molar-refractivity contribution in [3.05, 3.63) is 48.0 Å². The van der Waals surface area contributed by atoms with E-state index < -0.39 is 9.84 Å². The summed E-state index contributed by atoms with van der Waals surface area (Å²) < 4.78 is 31.6. The smallest absolute Gasteiger partial charge is 0.228 e. The van der Waals surface area contributed by atoms with E-state index in [1.165, 1.54) is 30.6 Å². The van der Waals surface area contributed by atoms with E-state index in [0.29, 0.717) is 17.4 Å². The predicted octanol–water partition coefficient (Wildman–Crippen LogP) is 4.41. The molecule has 0 N–H and O–H groups in total. The Morgan fingerprint density at radius 3 is 2.44 bits per heavy atom. The van der Waals surface area contributed by atoms with Crippen molar-refractivity contribution in [2.24, 2.45) is 0 Å². The average molecular weight is 504 g/mol. The van der Waals surface area contributed by atoms with Crippen molar-refractivity contribution in [2.75, 3.05) is 44.9 Å². The quantitative estimate of drug-likeness (QED) is 0.364. The lowest BCUT2D eigenvalue weighted by molar-refractivity contribution is -0.118. The number of carbonyl (C=O) groups excluding carboxylic acids is 1. The minimum atomic E-state index is -3.47. The molecule has 3 rings (SSSR count). The molecule has 3 aromatic rings. The van der Waals surface area contributed by atoms with Crippen molar-refractivity contribution in [3.63, 3.8) is 0 Å². The largest absolute Gasteiger partial charge is 0.497 e. The third-order valence-corrected chi connectivity index (χ3v) is 8.47. The number of aryl methyl sites for hydroxylation is 1. The fourth-order valence-electron chi connectivity index (χ4n) is 3.72. The van der Waals surface area contributed by atoms with Crippen LogP contribution in [-0.2, 0) is 21.1 Å². The number of ether oxygens (including phenoxy) is 1. The molecule has 0 unspecified atom stereocenters. The lowest BCUT2D eigenvalue weighted by Crippen LogP contribution is -2.33. The molecule has 0 aliphatic rings. The molecule has 0 saturated heterocycles. The van der Waals surface area contributed by atoms with Gasteiger partial charge in [-0.3, -0.25) is 9.69 Å². The topological polar surface area (TPSA) is 79.8 Å². The summed E-state index contributed by atoms with van der Waals surface area (Å²) in [5.41, 5.74) is 2.10. The molecular weight excluding hydrogens is 470 g/mol. The lowest BCUT2D eigenvalue weighted by atomic mass is 10.1. The third kappa shape index (κ3) is 6.55. The van der Waals surface area contributed by atoms with Crippen LogP contribution in [0.2, 0.25) is 0 Å². The fourth-order valence-corrected chi connectivity index (χ4v) is 6.08. The second-order valence-corrected chi connectivity index (χ2v) is 11.5. The molecule has 0 aliphatic carbocycles. The Labute approximate surface area is 206 Å². The normalized spacial score (nSPS) is 11.8. The molecule has 0 atom stereocenters. The molecule has 184 valence electrons. The molecular formula is C25H33N3O4S2. The number of anilines is 1. The van der Waals surface area contributed by atoms with Crippen molar-refractivity contribution >= 4 is 42.4 Å². The van der Waals surface area contributed by atoms with Crippen LogP contribution in [0.5, 0.6) is 5.75 Å². The number of hydrogen-bond acceptors (Lipinski definition) is 7. The summed E-state index contributed by atoms with van der Waals surface area (Å²) in [6, 6.07) is 12.4. The van der Waals surface area contributed by atoms with Gasteiger partial charge in [0.1, 0.15) is 5.75 Å². The van der Waals surface area contributed by atoms with Crippen LogP contribution in [0, 0.1) is 0 Å². The molecule has 0 saturated carbocycles. The maximum absolute atomic E-state index is 13.2. The zero-order valence-electron chi connectivity index (χ0n) is 20.3. The van der Waals surface area contributed by atoms with E-state index in [0.717, 1.165) is 35.2 Å². The number of fused-ring (bicyclic) bond motifs is 1. The van der Waals surface area contributed by atoms with Crippen LogP contribution >= 0.6 is 11.3 Å². The second kappa shape index (κ2) is 11.8. The number of sulfone groups is 1. The summed E-state index contributed by atoms with van der Waals surface area (Å²) in [4.78, 5) is 22.1. The Hall–Kier alpha value is -2.49. The molecule has 1 heterocycles. The first-order valence-electron chi connectivity index (χ1n) is 11.5. The molecule has 0 bridgehead atoms. The number of hydrogen-bond donors (Lipinski definition) is 0. The summed E-state index contributed by atoms with van der Waals surface area (Å²) >= 11 is 1.51. The van der Waals surface area contributed by atoms with Crippen molar-refractivity contribution in [2.45, 2.75) is 37.5 Å². The number of amides is 1. The van der Waals surface area contributed by atoms with E-state index in [9.17, 15) is 13.2 Å². The Bertz CT molecular complexity index is 1200. The molecule has 0 fully saturated rings. The summed E-state index contributed by atoms with van der Waals surface area (Å²) in [7, 11) is 2.06. The molecule has 1 aromatic heterocycles. The molecule has 1 amide bonds. The number of rotatable bonds is 12. The summed E-state index contributed by atoms with van der Waals surface area (Å²) in [5.74, 6) is 0.418. The highest BCUT2D eigenvalue weighted by Crippen LogP contribution is 2.31. The number of benzene rings is 2. The van der Waals surface area contributed by atoms with E-state index in [1.54, 1.807) is 17.0 Å². The van der Waals surface area contributed by atoms with Crippen molar-refractivity contribution in [1.29, 1.82) is 0 Å². The summed E-state index contributed by atoms with van der Waals surface area (Å²) in [5, 5.41) is 0.678. The van der Waals surface area contributed by atoms with Crippen molar-refractivity contribution < 1.29 is 17.9 Å². The lowest BCUT2D eigenvalue weighted by Gasteiger charge is -2.21. The second-order valence-electron chi connectivity index (χ2n) is 8.41. The van der Waals surface area contributed by atoms with E-state index in [4.69, 9.17) is 9.72 Å². The highest BCUT2D eigenvalue weighted by molar-refractivity contribution is 7.91. The van der Waals surface area contributed by atoms with Gasteiger partial charge in [-0.2, -0.15) is 0 Å². The first kappa shape index (κ1) is 26.1. The van der Waals surface area contributed by atoms with Crippen LogP contribution in [0.15, 0.2) is 47.4 Å². The standard InChI is InChI=1S/C25H33N3O4S2/c1-5-19-9-6-10-22-24(19)26-25(33-22)28(17-8-16-27(2)3)23(29)11-7-18-34(30,31)21-14-12-20(32-4)13-15-21/h6,9-10,12-15H,5,7-8,11,16-18H2,1-4H3. The third-order valence-electron chi connectivity index (χ3n) is 5.61. The predicted molar refractivity (Wildman–Crippen MR) is 139 cm³/mol. The van der Waals surface area contributed by atoms with Crippen LogP contribution in [-0.4, -0.2) is 64.3 Å². The Balaban J connectivity index is 1.72. The zero-order chi connectivity index (χ0) is 24.7. The maximum atomic E-state index is 13.2. The Morgan fingerprint density at radius 2 is 1.79 bits per heavy atom. The van der Waals surface area contributed by atoms with Crippen molar-refractivity contribution in [3.8, 4) is 5.75 Å². The van der Waals surface area contributed by atoms with Gasteiger partial charge in [0.15, 0.2) is 15.0 Å². The minimum absolute atomic E-state index is 0.0869. The zero-order valence-corrected chi connectivity index (χ0v) is 21.9. The van der Waals surface area contributed by atoms with Crippen LogP contribution in [0.4, 0.5) is 5.13 Å². The molecule has 0 radical (unpaired) electrons. The highest BCUT2D eigenvalue weighted by Gasteiger charge is 2.22. The SMILES string of the molecule is CCc1cccc2sc(N(CCCN(C)C)C(=O)CCCS(=O)(=O)c3ccc(OC)cc3)nc12. The van der Waals surface area contributed by atoms with Gasteiger partial charge < -0.3 is 9.64 Å². The van der Waals surface area contributed by atoms with Gasteiger partial charge in [0, 0.05) is 13.0 Å². The van der Waals surface area contributed by atoms with Gasteiger partial charge >= 0.3 is 0 Å². The van der Waals surface area contributed by atoms with Gasteiger partial charge in [-0.25, -0.2) is 13.4 Å². The number of carbonyl (C=O) groups is 1. The molecule has 7 nitrogen and oxygen atoms in total. The van der Waals surface area contributed by atoms with Crippen LogP contribution in [0.1, 0.15) is 31.7 Å². The van der Waals surface area contributed by atoms with E-state index >= 15 is 0 Å². The van der Waals surface area contributed by atoms with Crippen molar-refractivity contribution in [1.82, 2.24) is 9.88 Å². The Kier molecular flexibility index (Phi) is 9.04. The number of thiazole rings is 1. The van der Waals surface area contributed by atoms with Gasteiger partial charge in [-0.15, -0.1) is 0 Å². The van der Waals surface area contributed by atoms with E-state index in [1.807, 2.05) is 26.2 Å². The van der Waals surface area contributed by atoms with E-state index in [-0.39, 0.29) is 29.4 Å². The fraction of sp³-hybridized carbons (Fsp3) is 0.440. The average Bonchev–Trinajstić information content (AvgIpc) is 3.25. The van der Waals surface area contributed by atoms with Gasteiger partial charge in [0.2, 0.25) is 5.91 Å². The molecule has 34 heavy (non-hydrogen) atoms. The molecule has 9 heteroatoms. The van der Waals surface area contributed by atoms with Gasteiger partial charge in [0.05, 0.1) is 28.0 Å². The summed E-state index contributed by atoms with van der Waals surface area (Å²) in [6.07, 6.45) is 2.08. The van der Waals surface area contributed by atoms with Crippen LogP contribution < -0.4 is 9.64 Å². The molecule has 0 aliphatic heterocycles. The van der Waals surface area contributed by atoms with E-state index in [2.05, 4.69) is 17.9 Å². The van der Waals surface area contributed by atoms with Gasteiger partial charge in [-0.05, 0) is 75.8 Å². The highest BCUT2D eigenvalue weighted by atomic mass is 32.2. The summed E-state index contributed by atoms with van der Waals surface area (Å²) in [6.45, 7) is 3.49. The van der Waals surface area contributed by atoms with Crippen LogP contribution in [0.3, 0.4) is 0 Å². The number of methoxy groups -OCH3 is 1. The minimum Gasteiger partial charge on any atom is -0.497 e. The van der Waals surface area contributed by atoms with Gasteiger partial charge in [0.25, 0.3) is 0 Å². The maximum Gasteiger partial charge on any atom is 0.228 e. The van der Waals surface area contributed by atoms with Gasteiger partial charge in [-0.1, -0.05) is 30.4 Å². The first-order chi connectivity index (χ1) is 16.2. The number of aromatic nitrogens is 1. The molecule has 2 aromatic carbocycles. The number of para-hydroxylation sites is 1.